The lowest BCUT2D eigenvalue weighted by molar-refractivity contribution is 0.102. The van der Waals surface area contributed by atoms with Crippen molar-refractivity contribution in [3.63, 3.8) is 0 Å². The Morgan fingerprint density at radius 3 is 2.68 bits per heavy atom. The molecule has 0 saturated heterocycles. The van der Waals surface area contributed by atoms with Crippen molar-refractivity contribution in [3.8, 4) is 0 Å². The van der Waals surface area contributed by atoms with Crippen molar-refractivity contribution in [2.75, 3.05) is 5.75 Å². The van der Waals surface area contributed by atoms with Gasteiger partial charge in [0.15, 0.2) is 5.78 Å². The van der Waals surface area contributed by atoms with E-state index in [-0.39, 0.29) is 11.6 Å². The summed E-state index contributed by atoms with van der Waals surface area (Å²) in [6.45, 7) is 1.68. The van der Waals surface area contributed by atoms with E-state index in [2.05, 4.69) is 15.9 Å². The van der Waals surface area contributed by atoms with Gasteiger partial charge in [-0.2, -0.15) is 0 Å². The third-order valence-corrected chi connectivity index (χ3v) is 4.72. The molecule has 0 unspecified atom stereocenters. The van der Waals surface area contributed by atoms with Crippen LogP contribution in [0.1, 0.15) is 15.9 Å². The van der Waals surface area contributed by atoms with Crippen LogP contribution in [0.5, 0.6) is 0 Å². The first kappa shape index (κ1) is 14.3. The van der Waals surface area contributed by atoms with Gasteiger partial charge in [0.1, 0.15) is 5.82 Å². The second kappa shape index (κ2) is 6.35. The Morgan fingerprint density at radius 2 is 2.00 bits per heavy atom. The maximum atomic E-state index is 13.4. The molecule has 2 rings (SSSR count). The van der Waals surface area contributed by atoms with Gasteiger partial charge in [-0.05, 0) is 46.6 Å². The molecule has 0 bridgehead atoms. The van der Waals surface area contributed by atoms with E-state index in [0.29, 0.717) is 16.9 Å². The molecule has 0 aliphatic rings. The van der Waals surface area contributed by atoms with Gasteiger partial charge in [-0.25, -0.2) is 4.39 Å². The number of thioether (sulfide) groups is 1. The molecule has 98 valence electrons. The SMILES string of the molecule is Cc1ccc(C(=O)CSc2ccccc2Br)cc1F. The van der Waals surface area contributed by atoms with E-state index in [9.17, 15) is 9.18 Å². The molecule has 1 nitrogen and oxygen atoms in total. The number of hydrogen-bond donors (Lipinski definition) is 0. The summed E-state index contributed by atoms with van der Waals surface area (Å²) in [5.74, 6) is -0.109. The Bertz CT molecular complexity index is 613. The maximum absolute atomic E-state index is 13.4. The highest BCUT2D eigenvalue weighted by atomic mass is 79.9. The van der Waals surface area contributed by atoms with Crippen LogP contribution >= 0.6 is 27.7 Å². The summed E-state index contributed by atoms with van der Waals surface area (Å²) in [6, 6.07) is 12.3. The molecule has 2 aromatic carbocycles. The van der Waals surface area contributed by atoms with E-state index in [1.165, 1.54) is 17.8 Å². The van der Waals surface area contributed by atoms with Gasteiger partial charge in [0.2, 0.25) is 0 Å². The maximum Gasteiger partial charge on any atom is 0.173 e. The van der Waals surface area contributed by atoms with Crippen LogP contribution in [0.4, 0.5) is 4.39 Å². The number of benzene rings is 2. The van der Waals surface area contributed by atoms with E-state index in [4.69, 9.17) is 0 Å². The molecule has 0 fully saturated rings. The fraction of sp³-hybridized carbons (Fsp3) is 0.133. The van der Waals surface area contributed by atoms with Crippen LogP contribution in [0.15, 0.2) is 51.8 Å². The van der Waals surface area contributed by atoms with Crippen molar-refractivity contribution in [1.82, 2.24) is 0 Å². The molecule has 19 heavy (non-hydrogen) atoms. The summed E-state index contributed by atoms with van der Waals surface area (Å²) in [7, 11) is 0. The van der Waals surface area contributed by atoms with Gasteiger partial charge in [-0.15, -0.1) is 11.8 Å². The topological polar surface area (TPSA) is 17.1 Å². The average Bonchev–Trinajstić information content (AvgIpc) is 2.40. The van der Waals surface area contributed by atoms with Crippen LogP contribution in [-0.2, 0) is 0 Å². The van der Waals surface area contributed by atoms with Crippen molar-refractivity contribution < 1.29 is 9.18 Å². The molecule has 0 aliphatic heterocycles. The number of Topliss-reactive ketones (excluding diaryl/α,β-unsaturated/α-hetero) is 1. The van der Waals surface area contributed by atoms with Gasteiger partial charge in [0.25, 0.3) is 0 Å². The van der Waals surface area contributed by atoms with Crippen molar-refractivity contribution in [2.45, 2.75) is 11.8 Å². The fourth-order valence-electron chi connectivity index (χ4n) is 1.55. The van der Waals surface area contributed by atoms with Crippen molar-refractivity contribution >= 4 is 33.5 Å². The number of ketones is 1. The summed E-state index contributed by atoms with van der Waals surface area (Å²) in [5, 5.41) is 0. The summed E-state index contributed by atoms with van der Waals surface area (Å²) < 4.78 is 14.4. The quantitative estimate of drug-likeness (QED) is 0.584. The summed E-state index contributed by atoms with van der Waals surface area (Å²) >= 11 is 4.87. The molecule has 0 N–H and O–H groups in total. The summed E-state index contributed by atoms with van der Waals surface area (Å²) in [6.07, 6.45) is 0. The molecule has 0 aromatic heterocycles. The minimum absolute atomic E-state index is 0.0698. The first-order chi connectivity index (χ1) is 9.08. The van der Waals surface area contributed by atoms with Crippen molar-refractivity contribution in [3.05, 3.63) is 63.9 Å². The Labute approximate surface area is 124 Å². The Kier molecular flexibility index (Phi) is 4.77. The monoisotopic (exact) mass is 338 g/mol. The highest BCUT2D eigenvalue weighted by molar-refractivity contribution is 9.10. The van der Waals surface area contributed by atoms with Gasteiger partial charge in [0.05, 0.1) is 5.75 Å². The number of hydrogen-bond acceptors (Lipinski definition) is 2. The highest BCUT2D eigenvalue weighted by Crippen LogP contribution is 2.27. The fourth-order valence-corrected chi connectivity index (χ4v) is 3.02. The zero-order valence-corrected chi connectivity index (χ0v) is 12.7. The molecule has 0 atom stereocenters. The van der Waals surface area contributed by atoms with Crippen molar-refractivity contribution in [2.24, 2.45) is 0 Å². The largest absolute Gasteiger partial charge is 0.293 e. The smallest absolute Gasteiger partial charge is 0.173 e. The summed E-state index contributed by atoms with van der Waals surface area (Å²) in [4.78, 5) is 13.0. The molecule has 2 aromatic rings. The minimum Gasteiger partial charge on any atom is -0.293 e. The van der Waals surface area contributed by atoms with Gasteiger partial charge in [0, 0.05) is 14.9 Å². The Hall–Kier alpha value is -1.13. The Balaban J connectivity index is 2.05. The molecule has 0 amide bonds. The first-order valence-corrected chi connectivity index (χ1v) is 7.52. The van der Waals surface area contributed by atoms with E-state index >= 15 is 0 Å². The lowest BCUT2D eigenvalue weighted by atomic mass is 10.1. The highest BCUT2D eigenvalue weighted by Gasteiger charge is 2.10. The second-order valence-electron chi connectivity index (χ2n) is 4.11. The van der Waals surface area contributed by atoms with Gasteiger partial charge in [-0.1, -0.05) is 24.3 Å². The van der Waals surface area contributed by atoms with E-state index in [1.807, 2.05) is 24.3 Å². The summed E-state index contributed by atoms with van der Waals surface area (Å²) in [5.41, 5.74) is 0.970. The molecular weight excluding hydrogens is 327 g/mol. The van der Waals surface area contributed by atoms with Gasteiger partial charge in [-0.3, -0.25) is 4.79 Å². The molecule has 0 spiro atoms. The number of carbonyl (C=O) groups is 1. The number of aryl methyl sites for hydroxylation is 1. The molecule has 4 heteroatoms. The zero-order chi connectivity index (χ0) is 13.8. The van der Waals surface area contributed by atoms with Crippen LogP contribution < -0.4 is 0 Å². The van der Waals surface area contributed by atoms with Crippen LogP contribution in [0.3, 0.4) is 0 Å². The standard InChI is InChI=1S/C15H12BrFOS/c1-10-6-7-11(8-13(10)17)14(18)9-19-15-5-3-2-4-12(15)16/h2-8H,9H2,1H3. The van der Waals surface area contributed by atoms with E-state index in [1.54, 1.807) is 19.1 Å². The first-order valence-electron chi connectivity index (χ1n) is 5.74. The van der Waals surface area contributed by atoms with Gasteiger partial charge >= 0.3 is 0 Å². The normalized spacial score (nSPS) is 10.5. The number of halogens is 2. The average molecular weight is 339 g/mol. The lowest BCUT2D eigenvalue weighted by Gasteiger charge is -2.04. The molecular formula is C15H12BrFOS. The number of carbonyl (C=O) groups excluding carboxylic acids is 1. The Morgan fingerprint density at radius 1 is 1.26 bits per heavy atom. The minimum atomic E-state index is -0.336. The predicted octanol–water partition coefficient (Wildman–Crippen LogP) is 4.87. The van der Waals surface area contributed by atoms with E-state index < -0.39 is 0 Å². The molecule has 0 saturated carbocycles. The van der Waals surface area contributed by atoms with Crippen LogP contribution in [0.2, 0.25) is 0 Å². The van der Waals surface area contributed by atoms with Gasteiger partial charge < -0.3 is 0 Å². The van der Waals surface area contributed by atoms with Crippen molar-refractivity contribution in [1.29, 1.82) is 0 Å². The third-order valence-electron chi connectivity index (χ3n) is 2.69. The van der Waals surface area contributed by atoms with E-state index in [0.717, 1.165) is 9.37 Å². The van der Waals surface area contributed by atoms with Crippen LogP contribution in [0, 0.1) is 12.7 Å². The zero-order valence-electron chi connectivity index (χ0n) is 10.3. The van der Waals surface area contributed by atoms with Crippen LogP contribution in [0.25, 0.3) is 0 Å². The number of rotatable bonds is 4. The molecule has 0 radical (unpaired) electrons. The predicted molar refractivity (Wildman–Crippen MR) is 80.3 cm³/mol. The second-order valence-corrected chi connectivity index (χ2v) is 5.98. The van der Waals surface area contributed by atoms with Crippen LogP contribution in [-0.4, -0.2) is 11.5 Å². The lowest BCUT2D eigenvalue weighted by Crippen LogP contribution is -2.03. The third kappa shape index (κ3) is 3.67. The molecule has 0 aliphatic carbocycles. The molecule has 0 heterocycles.